The average molecular weight is 437 g/mol. The third-order valence-electron chi connectivity index (χ3n) is 4.63. The molecule has 0 unspecified atom stereocenters. The Labute approximate surface area is 183 Å². The van der Waals surface area contributed by atoms with E-state index >= 15 is 0 Å². The molecule has 0 spiro atoms. The molecular weight excluding hydrogens is 414 g/mol. The Morgan fingerprint density at radius 3 is 2.62 bits per heavy atom. The molecule has 0 radical (unpaired) electrons. The van der Waals surface area contributed by atoms with Crippen LogP contribution >= 0.6 is 0 Å². The molecule has 11 nitrogen and oxygen atoms in total. The molecule has 4 N–H and O–H groups in total. The lowest BCUT2D eigenvalue weighted by Gasteiger charge is -2.08. The van der Waals surface area contributed by atoms with Gasteiger partial charge in [0.15, 0.2) is 17.0 Å². The fourth-order valence-electron chi connectivity index (χ4n) is 2.94. The molecule has 0 aromatic carbocycles. The van der Waals surface area contributed by atoms with Crippen LogP contribution in [0.4, 0.5) is 5.82 Å². The van der Waals surface area contributed by atoms with E-state index in [2.05, 4.69) is 31.8 Å². The summed E-state index contributed by atoms with van der Waals surface area (Å²) in [5.41, 5.74) is 7.99. The van der Waals surface area contributed by atoms with Gasteiger partial charge in [0.25, 0.3) is 6.01 Å². The average Bonchev–Trinajstić information content (AvgIpc) is 3.11. The molecule has 0 aliphatic carbocycles. The number of fused-ring (bicyclic) bond motifs is 1. The minimum Gasteiger partial charge on any atom is -0.480 e. The minimum absolute atomic E-state index is 0.133. The summed E-state index contributed by atoms with van der Waals surface area (Å²) in [7, 11) is 0. The number of pyridine rings is 2. The van der Waals surface area contributed by atoms with Crippen molar-refractivity contribution in [3.63, 3.8) is 0 Å². The van der Waals surface area contributed by atoms with Crippen LogP contribution in [0, 0.1) is 0 Å². The quantitative estimate of drug-likeness (QED) is 0.332. The molecule has 4 aromatic heterocycles. The Morgan fingerprint density at radius 1 is 1.06 bits per heavy atom. The molecule has 0 aliphatic heterocycles. The first kappa shape index (κ1) is 21.2. The number of nitrogen functional groups attached to an aromatic ring is 1. The Balaban J connectivity index is 1.52. The molecule has 32 heavy (non-hydrogen) atoms. The molecule has 0 atom stereocenters. The van der Waals surface area contributed by atoms with Gasteiger partial charge in [-0.25, -0.2) is 4.98 Å². The highest BCUT2D eigenvalue weighted by Crippen LogP contribution is 2.26. The van der Waals surface area contributed by atoms with Crippen LogP contribution in [0.1, 0.15) is 31.0 Å². The van der Waals surface area contributed by atoms with E-state index < -0.39 is 0 Å². The Hall–Kier alpha value is -3.99. The number of unbranched alkanes of at least 4 members (excludes halogenated alkanes) is 1. The van der Waals surface area contributed by atoms with Gasteiger partial charge in [0.1, 0.15) is 5.75 Å². The number of nitrogens with zero attached hydrogens (tertiary/aromatic N) is 6. The van der Waals surface area contributed by atoms with Gasteiger partial charge in [0.05, 0.1) is 31.6 Å². The van der Waals surface area contributed by atoms with Crippen LogP contribution < -0.4 is 15.2 Å². The van der Waals surface area contributed by atoms with Crippen molar-refractivity contribution < 1.29 is 19.7 Å². The normalized spacial score (nSPS) is 11.1. The zero-order valence-corrected chi connectivity index (χ0v) is 17.5. The molecular formula is C21H23N7O4. The van der Waals surface area contributed by atoms with Gasteiger partial charge in [-0.15, -0.1) is 0 Å². The van der Waals surface area contributed by atoms with Crippen LogP contribution in [0.3, 0.4) is 0 Å². The van der Waals surface area contributed by atoms with Gasteiger partial charge >= 0.3 is 6.01 Å². The van der Waals surface area contributed by atoms with Gasteiger partial charge in [-0.2, -0.15) is 15.0 Å². The van der Waals surface area contributed by atoms with Gasteiger partial charge < -0.3 is 25.4 Å². The second kappa shape index (κ2) is 9.43. The Morgan fingerprint density at radius 2 is 1.94 bits per heavy atom. The minimum atomic E-state index is -0.234. The van der Waals surface area contributed by atoms with Gasteiger partial charge in [0, 0.05) is 12.3 Å². The molecule has 0 saturated carbocycles. The van der Waals surface area contributed by atoms with Crippen LogP contribution in [0.2, 0.25) is 0 Å². The van der Waals surface area contributed by atoms with Crippen molar-refractivity contribution in [2.45, 2.75) is 32.9 Å². The van der Waals surface area contributed by atoms with Gasteiger partial charge in [0.2, 0.25) is 5.88 Å². The predicted molar refractivity (Wildman–Crippen MR) is 115 cm³/mol. The number of aliphatic hydroxyl groups is 1. The first-order valence-corrected chi connectivity index (χ1v) is 10.1. The van der Waals surface area contributed by atoms with Crippen LogP contribution in [0.15, 0.2) is 36.7 Å². The van der Waals surface area contributed by atoms with Gasteiger partial charge in [-0.05, 0) is 24.1 Å². The van der Waals surface area contributed by atoms with E-state index in [-0.39, 0.29) is 31.0 Å². The lowest BCUT2D eigenvalue weighted by Crippen LogP contribution is -2.06. The molecule has 0 bridgehead atoms. The second-order valence-electron chi connectivity index (χ2n) is 7.01. The topological polar surface area (TPSA) is 154 Å². The molecule has 0 fully saturated rings. The number of aliphatic hydroxyl groups excluding tert-OH is 1. The molecule has 0 saturated heterocycles. The third-order valence-corrected chi connectivity index (χ3v) is 4.63. The fraction of sp³-hybridized carbons (Fsp3) is 0.286. The maximum Gasteiger partial charge on any atom is 0.320 e. The molecule has 4 heterocycles. The van der Waals surface area contributed by atoms with E-state index in [1.165, 1.54) is 10.8 Å². The highest BCUT2D eigenvalue weighted by atomic mass is 16.5. The number of imidazole rings is 1. The summed E-state index contributed by atoms with van der Waals surface area (Å²) >= 11 is 0. The lowest BCUT2D eigenvalue weighted by molar-refractivity contribution is 0.276. The van der Waals surface area contributed by atoms with E-state index in [4.69, 9.17) is 20.3 Å². The predicted octanol–water partition coefficient (Wildman–Crippen LogP) is 2.42. The van der Waals surface area contributed by atoms with Crippen molar-refractivity contribution in [2.75, 3.05) is 12.3 Å². The summed E-state index contributed by atoms with van der Waals surface area (Å²) in [5.74, 6) is 1.02. The fourth-order valence-corrected chi connectivity index (χ4v) is 2.94. The molecule has 4 rings (SSSR count). The monoisotopic (exact) mass is 437 g/mol. The summed E-state index contributed by atoms with van der Waals surface area (Å²) < 4.78 is 12.7. The molecule has 0 aliphatic rings. The summed E-state index contributed by atoms with van der Waals surface area (Å²) in [6, 6.07) is 6.80. The third kappa shape index (κ3) is 4.67. The van der Waals surface area contributed by atoms with Crippen molar-refractivity contribution in [2.24, 2.45) is 0 Å². The maximum absolute atomic E-state index is 10.3. The second-order valence-corrected chi connectivity index (χ2v) is 7.01. The highest BCUT2D eigenvalue weighted by Gasteiger charge is 2.17. The summed E-state index contributed by atoms with van der Waals surface area (Å²) in [6.07, 6.45) is 4.99. The first-order chi connectivity index (χ1) is 15.6. The number of hydrogen-bond acceptors (Lipinski definition) is 10. The van der Waals surface area contributed by atoms with Crippen LogP contribution in [0.5, 0.6) is 23.7 Å². The molecule has 166 valence electrons. The zero-order valence-electron chi connectivity index (χ0n) is 17.5. The number of ether oxygens (including phenoxy) is 2. The van der Waals surface area contributed by atoms with Gasteiger partial charge in [-0.1, -0.05) is 19.4 Å². The van der Waals surface area contributed by atoms with E-state index in [1.54, 1.807) is 24.4 Å². The number of aromatic nitrogens is 6. The van der Waals surface area contributed by atoms with E-state index in [0.717, 1.165) is 18.4 Å². The van der Waals surface area contributed by atoms with Crippen molar-refractivity contribution in [3.05, 3.63) is 47.9 Å². The lowest BCUT2D eigenvalue weighted by atomic mass is 10.3. The Kier molecular flexibility index (Phi) is 6.26. The number of aromatic hydroxyl groups is 1. The Bertz CT molecular complexity index is 1190. The summed E-state index contributed by atoms with van der Waals surface area (Å²) in [4.78, 5) is 20.9. The van der Waals surface area contributed by atoms with Gasteiger partial charge in [-0.3, -0.25) is 9.55 Å². The first-order valence-electron chi connectivity index (χ1n) is 10.1. The summed E-state index contributed by atoms with van der Waals surface area (Å²) in [6.45, 7) is 2.66. The number of anilines is 1. The molecule has 0 amide bonds. The number of nitrogens with two attached hydrogens (primary N) is 1. The van der Waals surface area contributed by atoms with Crippen LogP contribution in [0.25, 0.3) is 11.2 Å². The van der Waals surface area contributed by atoms with Crippen LogP contribution in [-0.2, 0) is 13.2 Å². The summed E-state index contributed by atoms with van der Waals surface area (Å²) in [5, 5.41) is 19.4. The molecule has 11 heteroatoms. The standard InChI is InChI=1S/C21H23N7O4/c1-2-3-8-31-20-26-18(22)17-19(27-20)28(21(30)25-17)11-13-4-7-16(24-9-13)32-15-6-5-14(12-29)23-10-15/h4-7,9-10,29H,2-3,8,11-12H2,1H3,(H,25,30)(H2,22,26,27). The zero-order chi connectivity index (χ0) is 22.5. The maximum atomic E-state index is 10.3. The van der Waals surface area contributed by atoms with E-state index in [1.807, 2.05) is 6.07 Å². The number of hydrogen-bond donors (Lipinski definition) is 3. The van der Waals surface area contributed by atoms with Crippen molar-refractivity contribution in [3.8, 4) is 23.7 Å². The highest BCUT2D eigenvalue weighted by molar-refractivity contribution is 5.83. The van der Waals surface area contributed by atoms with Crippen LogP contribution in [-0.4, -0.2) is 46.3 Å². The van der Waals surface area contributed by atoms with E-state index in [0.29, 0.717) is 35.1 Å². The van der Waals surface area contributed by atoms with Crippen molar-refractivity contribution >= 4 is 17.0 Å². The SMILES string of the molecule is CCCCOc1nc(N)c2nc(O)n(Cc3ccc(Oc4ccc(CO)nc4)nc3)c2n1. The molecule has 4 aromatic rings. The largest absolute Gasteiger partial charge is 0.480 e. The smallest absolute Gasteiger partial charge is 0.320 e. The number of rotatable bonds is 9. The van der Waals surface area contributed by atoms with Crippen molar-refractivity contribution in [1.29, 1.82) is 0 Å². The van der Waals surface area contributed by atoms with Crippen molar-refractivity contribution in [1.82, 2.24) is 29.5 Å². The van der Waals surface area contributed by atoms with E-state index in [9.17, 15) is 5.11 Å².